The molecule has 0 radical (unpaired) electrons. The monoisotopic (exact) mass is 369 g/mol. The molecule has 1 aliphatic rings. The summed E-state index contributed by atoms with van der Waals surface area (Å²) >= 11 is 2.99. The van der Waals surface area contributed by atoms with Gasteiger partial charge in [-0.05, 0) is 37.3 Å². The average molecular weight is 369 g/mol. The predicted octanol–water partition coefficient (Wildman–Crippen LogP) is 4.01. The Morgan fingerprint density at radius 1 is 1.28 bits per heavy atom. The number of para-hydroxylation sites is 1. The first kappa shape index (κ1) is 16.1. The fourth-order valence-corrected chi connectivity index (χ4v) is 4.53. The molecule has 0 saturated carbocycles. The van der Waals surface area contributed by atoms with Crippen LogP contribution in [0.25, 0.3) is 10.2 Å². The minimum atomic E-state index is -0.117. The number of benzene rings is 2. The lowest BCUT2D eigenvalue weighted by Crippen LogP contribution is -2.30. The summed E-state index contributed by atoms with van der Waals surface area (Å²) in [5, 5.41) is 3.51. The second-order valence-corrected chi connectivity index (χ2v) is 7.59. The quantitative estimate of drug-likeness (QED) is 0.758. The van der Waals surface area contributed by atoms with Crippen LogP contribution in [-0.2, 0) is 4.79 Å². The maximum Gasteiger partial charge on any atom is 0.260 e. The van der Waals surface area contributed by atoms with E-state index in [-0.39, 0.29) is 11.8 Å². The Morgan fingerprint density at radius 3 is 2.92 bits per heavy atom. The third-order valence-corrected chi connectivity index (χ3v) is 6.07. The zero-order valence-electron chi connectivity index (χ0n) is 13.5. The summed E-state index contributed by atoms with van der Waals surface area (Å²) in [5.74, 6) is 0.252. The van der Waals surface area contributed by atoms with Gasteiger partial charge in [-0.1, -0.05) is 23.5 Å². The van der Waals surface area contributed by atoms with Gasteiger partial charge in [-0.3, -0.25) is 14.5 Å². The van der Waals surface area contributed by atoms with E-state index in [0.29, 0.717) is 28.7 Å². The van der Waals surface area contributed by atoms with Crippen molar-refractivity contribution >= 4 is 55.9 Å². The molecule has 126 valence electrons. The van der Waals surface area contributed by atoms with Crippen LogP contribution in [0.3, 0.4) is 0 Å². The topological polar surface area (TPSA) is 62.3 Å². The number of rotatable bonds is 3. The molecule has 0 atom stereocenters. The molecule has 5 nitrogen and oxygen atoms in total. The van der Waals surface area contributed by atoms with Crippen LogP contribution in [0, 0.1) is 0 Å². The number of nitrogens with zero attached hydrogens (tertiary/aromatic N) is 2. The van der Waals surface area contributed by atoms with Crippen molar-refractivity contribution in [2.24, 2.45) is 0 Å². The van der Waals surface area contributed by atoms with Gasteiger partial charge in [0.2, 0.25) is 5.91 Å². The minimum absolute atomic E-state index is 0.0411. The lowest BCUT2D eigenvalue weighted by molar-refractivity contribution is -0.113. The molecule has 1 N–H and O–H groups in total. The summed E-state index contributed by atoms with van der Waals surface area (Å²) in [6, 6.07) is 13.3. The van der Waals surface area contributed by atoms with Gasteiger partial charge in [-0.15, -0.1) is 11.8 Å². The number of hydrogen-bond donors (Lipinski definition) is 1. The second-order valence-electron chi connectivity index (χ2n) is 5.56. The van der Waals surface area contributed by atoms with Crippen molar-refractivity contribution in [2.75, 3.05) is 22.5 Å². The summed E-state index contributed by atoms with van der Waals surface area (Å²) in [6.45, 7) is 2.46. The fourth-order valence-electron chi connectivity index (χ4n) is 2.71. The van der Waals surface area contributed by atoms with Gasteiger partial charge in [0.15, 0.2) is 5.13 Å². The second kappa shape index (κ2) is 6.50. The molecular weight excluding hydrogens is 354 g/mol. The molecule has 25 heavy (non-hydrogen) atoms. The van der Waals surface area contributed by atoms with Crippen molar-refractivity contribution in [2.45, 2.75) is 11.8 Å². The molecule has 2 heterocycles. The molecule has 0 spiro atoms. The van der Waals surface area contributed by atoms with Crippen LogP contribution < -0.4 is 10.2 Å². The van der Waals surface area contributed by atoms with E-state index in [1.807, 2.05) is 43.3 Å². The van der Waals surface area contributed by atoms with Crippen LogP contribution in [0.1, 0.15) is 17.3 Å². The molecule has 0 aliphatic carbocycles. The lowest BCUT2D eigenvalue weighted by atomic mass is 10.1. The van der Waals surface area contributed by atoms with Gasteiger partial charge in [0.05, 0.1) is 21.7 Å². The van der Waals surface area contributed by atoms with E-state index in [0.717, 1.165) is 15.1 Å². The minimum Gasteiger partial charge on any atom is -0.324 e. The number of thiazole rings is 1. The van der Waals surface area contributed by atoms with E-state index < -0.39 is 0 Å². The number of anilines is 2. The smallest absolute Gasteiger partial charge is 0.260 e. The third-order valence-electron chi connectivity index (χ3n) is 3.93. The molecule has 3 aromatic rings. The van der Waals surface area contributed by atoms with Crippen molar-refractivity contribution in [3.8, 4) is 0 Å². The summed E-state index contributed by atoms with van der Waals surface area (Å²) < 4.78 is 1.05. The first-order valence-electron chi connectivity index (χ1n) is 7.90. The van der Waals surface area contributed by atoms with E-state index in [1.165, 1.54) is 23.1 Å². The van der Waals surface area contributed by atoms with Gasteiger partial charge in [0, 0.05) is 17.0 Å². The maximum absolute atomic E-state index is 13.0. The van der Waals surface area contributed by atoms with Crippen molar-refractivity contribution < 1.29 is 9.59 Å². The van der Waals surface area contributed by atoms with Gasteiger partial charge < -0.3 is 5.32 Å². The molecule has 0 fully saturated rings. The predicted molar refractivity (Wildman–Crippen MR) is 103 cm³/mol. The highest BCUT2D eigenvalue weighted by Crippen LogP contribution is 2.33. The van der Waals surface area contributed by atoms with Crippen molar-refractivity contribution in [1.29, 1.82) is 0 Å². The highest BCUT2D eigenvalue weighted by Gasteiger charge is 2.22. The van der Waals surface area contributed by atoms with Crippen LogP contribution >= 0.6 is 23.1 Å². The number of aromatic nitrogens is 1. The van der Waals surface area contributed by atoms with Crippen molar-refractivity contribution in [3.63, 3.8) is 0 Å². The normalized spacial score (nSPS) is 13.4. The van der Waals surface area contributed by atoms with Crippen molar-refractivity contribution in [1.82, 2.24) is 4.98 Å². The SMILES string of the molecule is CCN(C(=O)c1ccc2c(c1)NC(=O)CS2)c1nc2ccccc2s1. The molecule has 0 bridgehead atoms. The third kappa shape index (κ3) is 3.01. The molecule has 0 unspecified atom stereocenters. The number of amides is 2. The Labute approximate surface area is 153 Å². The van der Waals surface area contributed by atoms with E-state index >= 15 is 0 Å². The average Bonchev–Trinajstić information content (AvgIpc) is 3.05. The fraction of sp³-hybridized carbons (Fsp3) is 0.167. The van der Waals surface area contributed by atoms with E-state index in [4.69, 9.17) is 0 Å². The van der Waals surface area contributed by atoms with Gasteiger partial charge in [0.1, 0.15) is 0 Å². The number of carbonyl (C=O) groups is 2. The molecule has 2 amide bonds. The zero-order valence-corrected chi connectivity index (χ0v) is 15.1. The van der Waals surface area contributed by atoms with E-state index in [9.17, 15) is 9.59 Å². The van der Waals surface area contributed by atoms with Crippen molar-refractivity contribution in [3.05, 3.63) is 48.0 Å². The summed E-state index contributed by atoms with van der Waals surface area (Å²) in [4.78, 5) is 31.8. The van der Waals surface area contributed by atoms with Crippen LogP contribution in [0.4, 0.5) is 10.8 Å². The van der Waals surface area contributed by atoms with Gasteiger partial charge >= 0.3 is 0 Å². The summed E-state index contributed by atoms with van der Waals surface area (Å²) in [6.07, 6.45) is 0. The molecular formula is C18H15N3O2S2. The molecule has 7 heteroatoms. The first-order valence-corrected chi connectivity index (χ1v) is 9.70. The van der Waals surface area contributed by atoms with Crippen LogP contribution in [0.15, 0.2) is 47.4 Å². The Bertz CT molecular complexity index is 950. The molecule has 2 aromatic carbocycles. The van der Waals surface area contributed by atoms with Gasteiger partial charge in [-0.2, -0.15) is 0 Å². The molecule has 1 aromatic heterocycles. The first-order chi connectivity index (χ1) is 12.2. The zero-order chi connectivity index (χ0) is 17.4. The molecule has 4 rings (SSSR count). The Balaban J connectivity index is 1.68. The number of thioether (sulfide) groups is 1. The van der Waals surface area contributed by atoms with Gasteiger partial charge in [-0.25, -0.2) is 4.98 Å². The largest absolute Gasteiger partial charge is 0.324 e. The molecule has 0 saturated heterocycles. The Kier molecular flexibility index (Phi) is 4.19. The lowest BCUT2D eigenvalue weighted by Gasteiger charge is -2.20. The van der Waals surface area contributed by atoms with Crippen LogP contribution in [-0.4, -0.2) is 29.1 Å². The highest BCUT2D eigenvalue weighted by molar-refractivity contribution is 8.00. The van der Waals surface area contributed by atoms with E-state index in [1.54, 1.807) is 11.0 Å². The van der Waals surface area contributed by atoms with Gasteiger partial charge in [0.25, 0.3) is 5.91 Å². The number of nitrogens with one attached hydrogen (secondary N) is 1. The maximum atomic E-state index is 13.0. The standard InChI is InChI=1S/C18H15N3O2S2/c1-2-21(18-20-12-5-3-4-6-15(12)25-18)17(23)11-7-8-14-13(9-11)19-16(22)10-24-14/h3-9H,2,10H2,1H3,(H,19,22). The number of fused-ring (bicyclic) bond motifs is 2. The van der Waals surface area contributed by atoms with Crippen LogP contribution in [0.2, 0.25) is 0 Å². The number of carbonyl (C=O) groups excluding carboxylic acids is 2. The highest BCUT2D eigenvalue weighted by atomic mass is 32.2. The molecule has 1 aliphatic heterocycles. The summed E-state index contributed by atoms with van der Waals surface area (Å²) in [5.41, 5.74) is 2.14. The summed E-state index contributed by atoms with van der Waals surface area (Å²) in [7, 11) is 0. The Hall–Kier alpha value is -2.38. The Morgan fingerprint density at radius 2 is 2.12 bits per heavy atom. The van der Waals surface area contributed by atoms with E-state index in [2.05, 4.69) is 10.3 Å². The van der Waals surface area contributed by atoms with Crippen LogP contribution in [0.5, 0.6) is 0 Å². The number of hydrogen-bond acceptors (Lipinski definition) is 5.